The molecule has 0 aliphatic heterocycles. The summed E-state index contributed by atoms with van der Waals surface area (Å²) in [6.07, 6.45) is 6.11. The Morgan fingerprint density at radius 1 is 0.585 bits per heavy atom. The second-order valence-electron chi connectivity index (χ2n) is 19.0. The van der Waals surface area contributed by atoms with Crippen molar-refractivity contribution in [2.24, 2.45) is 4.99 Å². The molecule has 3 rings (SSSR count). The third-order valence-electron chi connectivity index (χ3n) is 9.47. The van der Waals surface area contributed by atoms with E-state index in [9.17, 15) is 9.90 Å². The van der Waals surface area contributed by atoms with Crippen LogP contribution in [-0.2, 0) is 4.79 Å². The minimum absolute atomic E-state index is 0.0828. The molecule has 0 aromatic heterocycles. The molecule has 1 aliphatic rings. The first-order valence-electron chi connectivity index (χ1n) is 19.4. The van der Waals surface area contributed by atoms with Gasteiger partial charge in [0, 0.05) is 74.5 Å². The number of anilines is 3. The number of allylic oxidation sites excluding steroid dienone is 2. The Bertz CT molecular complexity index is 1520. The fourth-order valence-electron chi connectivity index (χ4n) is 6.42. The lowest BCUT2D eigenvalue weighted by atomic mass is 9.99. The maximum Gasteiger partial charge on any atom is 0.208 e. The molecule has 53 heavy (non-hydrogen) atoms. The van der Waals surface area contributed by atoms with Gasteiger partial charge in [0.15, 0.2) is 0 Å². The van der Waals surface area contributed by atoms with Gasteiger partial charge in [0.1, 0.15) is 11.5 Å². The highest BCUT2D eigenvalue weighted by atomic mass is 16.3. The number of aliphatic hydroxyl groups is 1. The number of aliphatic imine (C=N–C) groups is 1. The standard InChI is InChI=1S/C43H72N8O2/c1-35-42(52)40(44-36-18-22-38(23-19-36)46(26-14-30-48(2,3)4)27-15-31-49(5,6)7)34-41(43(35)53)45-37-20-24-39(25-21-37)47(28-16-32-50(8,9)10)29-17-33-51(11,12)13/h18-25,34H,14-17,26-33H2,1-13H3/q+2/p+2. The highest BCUT2D eigenvalue weighted by Gasteiger charge is 2.25. The van der Waals surface area contributed by atoms with Crippen molar-refractivity contribution in [2.45, 2.75) is 32.6 Å². The summed E-state index contributed by atoms with van der Waals surface area (Å²) in [5, 5.41) is 14.3. The zero-order valence-electron chi connectivity index (χ0n) is 35.7. The zero-order chi connectivity index (χ0) is 39.6. The predicted octanol–water partition coefficient (Wildman–Crippen LogP) is 6.17. The summed E-state index contributed by atoms with van der Waals surface area (Å²) in [5.74, 6) is -0.317. The lowest BCUT2D eigenvalue weighted by Gasteiger charge is -2.30. The van der Waals surface area contributed by atoms with E-state index < -0.39 is 0 Å². The van der Waals surface area contributed by atoms with Crippen molar-refractivity contribution < 1.29 is 27.8 Å². The van der Waals surface area contributed by atoms with Crippen LogP contribution in [0.5, 0.6) is 0 Å². The molecule has 0 heterocycles. The van der Waals surface area contributed by atoms with Crippen molar-refractivity contribution in [3.05, 3.63) is 71.6 Å². The molecule has 10 nitrogen and oxygen atoms in total. The van der Waals surface area contributed by atoms with Crippen LogP contribution in [0.1, 0.15) is 32.6 Å². The average Bonchev–Trinajstić information content (AvgIpc) is 3.03. The van der Waals surface area contributed by atoms with Crippen LogP contribution in [0.3, 0.4) is 0 Å². The van der Waals surface area contributed by atoms with Gasteiger partial charge in [-0.15, -0.1) is 0 Å². The molecule has 2 aromatic rings. The molecule has 0 saturated heterocycles. The molecule has 0 amide bonds. The van der Waals surface area contributed by atoms with E-state index in [1.54, 1.807) is 13.0 Å². The third kappa shape index (κ3) is 16.1. The fraction of sp³-hybridized carbons (Fsp3) is 0.581. The molecule has 0 saturated carbocycles. The number of ketones is 1. The first-order chi connectivity index (χ1) is 24.5. The van der Waals surface area contributed by atoms with Crippen molar-refractivity contribution in [3.63, 3.8) is 0 Å². The number of benzene rings is 2. The minimum Gasteiger partial charge on any atom is -0.505 e. The van der Waals surface area contributed by atoms with Crippen molar-refractivity contribution in [3.8, 4) is 0 Å². The highest BCUT2D eigenvalue weighted by molar-refractivity contribution is 6.24. The zero-order valence-corrected chi connectivity index (χ0v) is 35.7. The van der Waals surface area contributed by atoms with E-state index in [4.69, 9.17) is 4.99 Å². The van der Waals surface area contributed by atoms with Gasteiger partial charge in [-0.1, -0.05) is 0 Å². The van der Waals surface area contributed by atoms with Crippen molar-refractivity contribution in [2.75, 3.05) is 152 Å². The van der Waals surface area contributed by atoms with E-state index in [1.165, 1.54) is 11.4 Å². The molecular weight excluding hydrogens is 661 g/mol. The number of carbonyl (C=O) groups is 1. The largest absolute Gasteiger partial charge is 0.505 e. The molecule has 10 heteroatoms. The number of carbonyl (C=O) groups excluding carboxylic acids is 1. The van der Waals surface area contributed by atoms with Crippen LogP contribution in [0, 0.1) is 0 Å². The second-order valence-corrected chi connectivity index (χ2v) is 19.0. The van der Waals surface area contributed by atoms with Gasteiger partial charge in [0.2, 0.25) is 5.78 Å². The SMILES string of the molecule is CC1=C(O)/C(=N\c2ccc(N(CCC[N+](C)(C)C)CCC[N+](C)(C)C)cc2)C=C(Nc2ccc(N(CCC[N+](C)(C)C)CCC[N+](C)(C)C)cc2)C1=O. The number of hydrogen-bond donors (Lipinski definition) is 2. The van der Waals surface area contributed by atoms with Crippen molar-refractivity contribution in [1.82, 2.24) is 0 Å². The number of quaternary nitrogens is 4. The Balaban J connectivity index is 1.78. The number of Topliss-reactive ketones (excluding diaryl/α,β-unsaturated/α-hetero) is 1. The Kier molecular flexibility index (Phi) is 15.3. The van der Waals surface area contributed by atoms with Gasteiger partial charge < -0.3 is 38.2 Å². The van der Waals surface area contributed by atoms with Gasteiger partial charge in [-0.3, -0.25) is 4.79 Å². The summed E-state index contributed by atoms with van der Waals surface area (Å²) < 4.78 is 3.80. The summed E-state index contributed by atoms with van der Waals surface area (Å²) >= 11 is 0. The van der Waals surface area contributed by atoms with Gasteiger partial charge in [0.05, 0.1) is 122 Å². The van der Waals surface area contributed by atoms with Gasteiger partial charge >= 0.3 is 0 Å². The first-order valence-corrected chi connectivity index (χ1v) is 19.4. The third-order valence-corrected chi connectivity index (χ3v) is 9.47. The molecule has 0 atom stereocenters. The van der Waals surface area contributed by atoms with E-state index in [0.29, 0.717) is 11.4 Å². The Hall–Kier alpha value is -3.70. The molecule has 0 spiro atoms. The molecule has 0 bridgehead atoms. The van der Waals surface area contributed by atoms with Crippen LogP contribution in [0.4, 0.5) is 22.7 Å². The Morgan fingerprint density at radius 3 is 1.30 bits per heavy atom. The maximum absolute atomic E-state index is 13.3. The van der Waals surface area contributed by atoms with Crippen LogP contribution in [0.15, 0.2) is 76.6 Å². The Labute approximate surface area is 322 Å². The quantitative estimate of drug-likeness (QED) is 0.119. The van der Waals surface area contributed by atoms with Crippen molar-refractivity contribution in [1.29, 1.82) is 0 Å². The lowest BCUT2D eigenvalue weighted by Crippen LogP contribution is -2.39. The summed E-state index contributed by atoms with van der Waals surface area (Å²) in [6.45, 7) is 10.1. The summed E-state index contributed by atoms with van der Waals surface area (Å²) in [7, 11) is 26.9. The van der Waals surface area contributed by atoms with Crippen LogP contribution in [0.25, 0.3) is 0 Å². The molecule has 1 aliphatic carbocycles. The van der Waals surface area contributed by atoms with E-state index in [1.807, 2.05) is 24.3 Å². The number of hydrogen-bond acceptors (Lipinski definition) is 6. The molecule has 0 radical (unpaired) electrons. The van der Waals surface area contributed by atoms with Crippen LogP contribution in [-0.4, -0.2) is 171 Å². The van der Waals surface area contributed by atoms with Crippen LogP contribution >= 0.6 is 0 Å². The fourth-order valence-corrected chi connectivity index (χ4v) is 6.42. The average molecular weight is 735 g/mol. The normalized spacial score (nSPS) is 15.2. The second kappa shape index (κ2) is 18.6. The monoisotopic (exact) mass is 735 g/mol. The molecule has 2 N–H and O–H groups in total. The van der Waals surface area contributed by atoms with E-state index >= 15 is 0 Å². The van der Waals surface area contributed by atoms with E-state index in [-0.39, 0.29) is 17.1 Å². The highest BCUT2D eigenvalue weighted by Crippen LogP contribution is 2.27. The molecule has 2 aromatic carbocycles. The number of nitrogens with zero attached hydrogens (tertiary/aromatic N) is 7. The molecule has 0 fully saturated rings. The minimum atomic E-state index is -0.235. The van der Waals surface area contributed by atoms with Crippen LogP contribution in [0.2, 0.25) is 0 Å². The Morgan fingerprint density at radius 2 is 0.943 bits per heavy atom. The summed E-state index contributed by atoms with van der Waals surface area (Å²) in [5.41, 5.74) is 4.95. The van der Waals surface area contributed by atoms with Gasteiger partial charge in [0.25, 0.3) is 0 Å². The lowest BCUT2D eigenvalue weighted by molar-refractivity contribution is -0.870. The van der Waals surface area contributed by atoms with Crippen molar-refractivity contribution >= 4 is 34.2 Å². The van der Waals surface area contributed by atoms with E-state index in [2.05, 4.69) is 124 Å². The predicted molar refractivity (Wildman–Crippen MR) is 227 cm³/mol. The van der Waals surface area contributed by atoms with Gasteiger partial charge in [-0.05, 0) is 61.5 Å². The number of nitrogens with one attached hydrogen (secondary N) is 1. The summed E-state index contributed by atoms with van der Waals surface area (Å²) in [6, 6.07) is 16.6. The first kappa shape index (κ1) is 43.7. The van der Waals surface area contributed by atoms with E-state index in [0.717, 1.165) is 107 Å². The molecule has 294 valence electrons. The summed E-state index contributed by atoms with van der Waals surface area (Å²) in [4.78, 5) is 23.1. The van der Waals surface area contributed by atoms with Gasteiger partial charge in [-0.25, -0.2) is 4.99 Å². The van der Waals surface area contributed by atoms with Crippen LogP contribution < -0.4 is 15.1 Å². The number of rotatable bonds is 21. The van der Waals surface area contributed by atoms with Gasteiger partial charge in [-0.2, -0.15) is 0 Å². The molecular formula is C43H74N8O2+4. The molecule has 0 unspecified atom stereocenters. The maximum atomic E-state index is 13.3. The number of aliphatic hydroxyl groups excluding tert-OH is 1. The topological polar surface area (TPSA) is 68.2 Å². The smallest absolute Gasteiger partial charge is 0.208 e.